The number of piperidine rings is 1. The maximum Gasteiger partial charge on any atom is 0.419 e. The van der Waals surface area contributed by atoms with Crippen LogP contribution in [0.25, 0.3) is 0 Å². The number of hydrogen-bond donors (Lipinski definition) is 3. The zero-order chi connectivity index (χ0) is 15.7. The molecule has 0 spiro atoms. The van der Waals surface area contributed by atoms with Crippen molar-refractivity contribution in [3.05, 3.63) is 34.9 Å². The summed E-state index contributed by atoms with van der Waals surface area (Å²) < 4.78 is 37.0. The van der Waals surface area contributed by atoms with Crippen molar-refractivity contribution in [2.45, 2.75) is 30.7 Å². The summed E-state index contributed by atoms with van der Waals surface area (Å²) in [6.07, 6.45) is -6.19. The van der Waals surface area contributed by atoms with E-state index in [4.69, 9.17) is 16.7 Å². The second-order valence-electron chi connectivity index (χ2n) is 5.55. The van der Waals surface area contributed by atoms with E-state index >= 15 is 0 Å². The minimum Gasteiger partial charge on any atom is -0.385 e. The molecule has 1 aliphatic heterocycles. The van der Waals surface area contributed by atoms with Crippen molar-refractivity contribution in [3.63, 3.8) is 0 Å². The summed E-state index contributed by atoms with van der Waals surface area (Å²) in [6.45, 7) is 0.388. The van der Waals surface area contributed by atoms with Gasteiger partial charge in [0.1, 0.15) is 12.1 Å². The molecule has 1 heterocycles. The van der Waals surface area contributed by atoms with Crippen molar-refractivity contribution in [2.24, 2.45) is 0 Å². The smallest absolute Gasteiger partial charge is 0.385 e. The van der Waals surface area contributed by atoms with Gasteiger partial charge in [0.15, 0.2) is 6.10 Å². The van der Waals surface area contributed by atoms with Crippen LogP contribution in [0.3, 0.4) is 0 Å². The van der Waals surface area contributed by atoms with Crippen molar-refractivity contribution in [2.75, 3.05) is 19.6 Å². The van der Waals surface area contributed by atoms with Gasteiger partial charge < -0.3 is 15.1 Å². The predicted octanol–water partition coefficient (Wildman–Crippen LogP) is 1.13. The molecule has 1 saturated heterocycles. The number of rotatable bonds is 3. The molecule has 0 aliphatic carbocycles. The number of alkyl halides is 3. The predicted molar refractivity (Wildman–Crippen MR) is 72.2 cm³/mol. The summed E-state index contributed by atoms with van der Waals surface area (Å²) in [7, 11) is 0. The quantitative estimate of drug-likeness (QED) is 0.780. The maximum absolute atomic E-state index is 12.3. The lowest BCUT2D eigenvalue weighted by atomic mass is 9.84. The molecular weight excluding hydrogens is 307 g/mol. The van der Waals surface area contributed by atoms with Crippen LogP contribution in [0.5, 0.6) is 0 Å². The second-order valence-corrected chi connectivity index (χ2v) is 5.99. The number of benzene rings is 1. The number of nitrogens with one attached hydrogen (secondary N) is 1. The Bertz CT molecular complexity index is 470. The maximum atomic E-state index is 12.3. The highest BCUT2D eigenvalue weighted by molar-refractivity contribution is 6.30. The Morgan fingerprint density at radius 1 is 1.19 bits per heavy atom. The molecule has 7 heteroatoms. The molecule has 3 nitrogen and oxygen atoms in total. The van der Waals surface area contributed by atoms with Gasteiger partial charge in [0.05, 0.1) is 13.1 Å². The number of hydrogen-bond acceptors (Lipinski definition) is 2. The summed E-state index contributed by atoms with van der Waals surface area (Å²) in [5.41, 5.74) is -0.306. The monoisotopic (exact) mass is 324 g/mol. The zero-order valence-corrected chi connectivity index (χ0v) is 12.1. The van der Waals surface area contributed by atoms with Crippen LogP contribution in [0.2, 0.25) is 5.02 Å². The van der Waals surface area contributed by atoms with E-state index in [0.717, 1.165) is 5.56 Å². The van der Waals surface area contributed by atoms with Gasteiger partial charge in [-0.2, -0.15) is 13.2 Å². The van der Waals surface area contributed by atoms with Crippen molar-refractivity contribution in [3.8, 4) is 0 Å². The van der Waals surface area contributed by atoms with Crippen LogP contribution >= 0.6 is 11.6 Å². The van der Waals surface area contributed by atoms with Gasteiger partial charge >= 0.3 is 6.18 Å². The van der Waals surface area contributed by atoms with Gasteiger partial charge in [-0.25, -0.2) is 0 Å². The molecule has 0 amide bonds. The summed E-state index contributed by atoms with van der Waals surface area (Å²) in [5, 5.41) is 20.3. The highest BCUT2D eigenvalue weighted by atomic mass is 35.5. The van der Waals surface area contributed by atoms with Crippen molar-refractivity contribution < 1.29 is 28.3 Å². The summed E-state index contributed by atoms with van der Waals surface area (Å²) in [4.78, 5) is 0.651. The van der Waals surface area contributed by atoms with Gasteiger partial charge in [0.25, 0.3) is 0 Å². The third-order valence-corrected chi connectivity index (χ3v) is 4.28. The van der Waals surface area contributed by atoms with Crippen LogP contribution in [-0.4, -0.2) is 42.1 Å². The fourth-order valence-corrected chi connectivity index (χ4v) is 2.79. The topological polar surface area (TPSA) is 44.9 Å². The third-order valence-electron chi connectivity index (χ3n) is 4.03. The molecule has 0 saturated carbocycles. The Kier molecular flexibility index (Phi) is 4.82. The Morgan fingerprint density at radius 2 is 1.71 bits per heavy atom. The van der Waals surface area contributed by atoms with E-state index in [0.29, 0.717) is 35.9 Å². The van der Waals surface area contributed by atoms with E-state index in [2.05, 4.69) is 0 Å². The molecule has 21 heavy (non-hydrogen) atoms. The number of aliphatic hydroxyl groups excluding tert-OH is 1. The average Bonchev–Trinajstić information content (AvgIpc) is 2.41. The summed E-state index contributed by atoms with van der Waals surface area (Å²) in [6, 6.07) is 6.83. The lowest BCUT2D eigenvalue weighted by Crippen LogP contribution is -3.14. The molecule has 0 aromatic heterocycles. The second kappa shape index (κ2) is 6.12. The van der Waals surface area contributed by atoms with Crippen LogP contribution in [0.4, 0.5) is 13.2 Å². The minimum atomic E-state index is -4.59. The van der Waals surface area contributed by atoms with Crippen LogP contribution in [-0.2, 0) is 5.60 Å². The van der Waals surface area contributed by atoms with Crippen LogP contribution < -0.4 is 4.90 Å². The minimum absolute atomic E-state index is 0.356. The van der Waals surface area contributed by atoms with E-state index in [9.17, 15) is 18.3 Å². The lowest BCUT2D eigenvalue weighted by Gasteiger charge is -2.37. The zero-order valence-electron chi connectivity index (χ0n) is 11.3. The van der Waals surface area contributed by atoms with E-state index in [-0.39, 0.29) is 6.54 Å². The van der Waals surface area contributed by atoms with Gasteiger partial charge in [0.2, 0.25) is 0 Å². The first-order valence-corrected chi connectivity index (χ1v) is 7.15. The normalized spacial score (nSPS) is 28.4. The molecule has 1 aliphatic rings. The molecule has 0 bridgehead atoms. The van der Waals surface area contributed by atoms with E-state index in [1.165, 1.54) is 0 Å². The van der Waals surface area contributed by atoms with Gasteiger partial charge in [-0.05, 0) is 17.7 Å². The number of aliphatic hydroxyl groups is 2. The average molecular weight is 325 g/mol. The van der Waals surface area contributed by atoms with Gasteiger partial charge in [-0.1, -0.05) is 23.7 Å². The SMILES string of the molecule is O[C@H](C[NH+]1CCC(O)(c2ccc(Cl)cc2)CC1)C(F)(F)F. The van der Waals surface area contributed by atoms with Gasteiger partial charge in [0, 0.05) is 17.9 Å². The number of likely N-dealkylation sites (tertiary alicyclic amines) is 1. The fraction of sp³-hybridized carbons (Fsp3) is 0.571. The van der Waals surface area contributed by atoms with Crippen molar-refractivity contribution in [1.82, 2.24) is 0 Å². The molecule has 118 valence electrons. The van der Waals surface area contributed by atoms with Crippen LogP contribution in [0, 0.1) is 0 Å². The highest BCUT2D eigenvalue weighted by Gasteiger charge is 2.43. The first-order valence-electron chi connectivity index (χ1n) is 6.77. The van der Waals surface area contributed by atoms with Gasteiger partial charge in [-0.3, -0.25) is 0 Å². The van der Waals surface area contributed by atoms with E-state index < -0.39 is 17.9 Å². The van der Waals surface area contributed by atoms with Crippen LogP contribution in [0.15, 0.2) is 24.3 Å². The standard InChI is InChI=1S/C14H17ClF3NO2/c15-11-3-1-10(2-4-11)13(21)5-7-19(8-6-13)9-12(20)14(16,17)18/h1-4,12,20-21H,5-9H2/p+1/t12-/m1/s1. The summed E-state index contributed by atoms with van der Waals surface area (Å²) >= 11 is 5.80. The first kappa shape index (κ1) is 16.5. The molecule has 1 aromatic carbocycles. The molecular formula is C14H18ClF3NO2+. The largest absolute Gasteiger partial charge is 0.419 e. The Balaban J connectivity index is 1.95. The Hall–Kier alpha value is -0.820. The fourth-order valence-electron chi connectivity index (χ4n) is 2.66. The highest BCUT2D eigenvalue weighted by Crippen LogP contribution is 2.30. The molecule has 1 atom stereocenters. The molecule has 3 N–H and O–H groups in total. The lowest BCUT2D eigenvalue weighted by molar-refractivity contribution is -0.912. The molecule has 0 unspecified atom stereocenters. The third kappa shape index (κ3) is 4.10. The number of halogens is 4. The van der Waals surface area contributed by atoms with Gasteiger partial charge in [-0.15, -0.1) is 0 Å². The van der Waals surface area contributed by atoms with Crippen molar-refractivity contribution >= 4 is 11.6 Å². The molecule has 1 aromatic rings. The summed E-state index contributed by atoms with van der Waals surface area (Å²) in [5.74, 6) is 0. The number of quaternary nitrogens is 1. The van der Waals surface area contributed by atoms with E-state index in [1.54, 1.807) is 24.3 Å². The van der Waals surface area contributed by atoms with Crippen LogP contribution in [0.1, 0.15) is 18.4 Å². The molecule has 2 rings (SSSR count). The van der Waals surface area contributed by atoms with Crippen molar-refractivity contribution in [1.29, 1.82) is 0 Å². The molecule has 0 radical (unpaired) electrons. The Labute approximate surface area is 125 Å². The Morgan fingerprint density at radius 3 is 2.19 bits per heavy atom. The van der Waals surface area contributed by atoms with E-state index in [1.807, 2.05) is 0 Å². The first-order chi connectivity index (χ1) is 9.71. The molecule has 1 fully saturated rings.